The Morgan fingerprint density at radius 3 is 2.75 bits per heavy atom. The van der Waals surface area contributed by atoms with Crippen molar-refractivity contribution in [3.8, 4) is 22.9 Å². The molecule has 0 N–H and O–H groups in total. The number of nitrogens with zero attached hydrogens (tertiary/aromatic N) is 7. The normalized spacial score (nSPS) is 12.8. The first-order chi connectivity index (χ1) is 15.6. The zero-order chi connectivity index (χ0) is 22.2. The summed E-state index contributed by atoms with van der Waals surface area (Å²) in [6.07, 6.45) is 8.77. The van der Waals surface area contributed by atoms with E-state index in [-0.39, 0.29) is 5.91 Å². The van der Waals surface area contributed by atoms with E-state index in [9.17, 15) is 4.79 Å². The van der Waals surface area contributed by atoms with E-state index in [0.717, 1.165) is 16.9 Å². The van der Waals surface area contributed by atoms with Crippen molar-refractivity contribution in [1.29, 1.82) is 0 Å². The van der Waals surface area contributed by atoms with E-state index in [1.165, 1.54) is 7.11 Å². The Morgan fingerprint density at radius 2 is 2.00 bits per heavy atom. The lowest BCUT2D eigenvalue weighted by Gasteiger charge is -2.12. The summed E-state index contributed by atoms with van der Waals surface area (Å²) in [5.41, 5.74) is 4.53. The summed E-state index contributed by atoms with van der Waals surface area (Å²) in [6, 6.07) is 5.43. The van der Waals surface area contributed by atoms with Gasteiger partial charge in [-0.2, -0.15) is 5.10 Å². The smallest absolute Gasteiger partial charge is 0.260 e. The molecule has 0 unspecified atom stereocenters. The molecule has 1 amide bonds. The highest BCUT2D eigenvalue weighted by molar-refractivity contribution is 6.09. The van der Waals surface area contributed by atoms with Crippen LogP contribution >= 0.6 is 0 Å². The molecule has 10 heteroatoms. The largest absolute Gasteiger partial charge is 0.491 e. The molecule has 0 saturated carbocycles. The third-order valence-corrected chi connectivity index (χ3v) is 5.46. The van der Waals surface area contributed by atoms with Crippen LogP contribution in [0.3, 0.4) is 0 Å². The zero-order valence-corrected chi connectivity index (χ0v) is 17.9. The lowest BCUT2D eigenvalue weighted by atomic mass is 10.1. The molecule has 0 spiro atoms. The Kier molecular flexibility index (Phi) is 4.81. The summed E-state index contributed by atoms with van der Waals surface area (Å²) in [6.45, 7) is 0.945. The number of rotatable bonds is 6. The molecule has 4 aromatic rings. The molecule has 0 saturated heterocycles. The van der Waals surface area contributed by atoms with Gasteiger partial charge in [-0.3, -0.25) is 19.4 Å². The molecule has 162 valence electrons. The van der Waals surface area contributed by atoms with Gasteiger partial charge in [0.05, 0.1) is 74.4 Å². The highest BCUT2D eigenvalue weighted by Crippen LogP contribution is 2.32. The minimum Gasteiger partial charge on any atom is -0.491 e. The Balaban J connectivity index is 1.39. The lowest BCUT2D eigenvalue weighted by Crippen LogP contribution is -2.22. The number of carbonyl (C=O) groups is 1. The molecule has 0 radical (unpaired) electrons. The summed E-state index contributed by atoms with van der Waals surface area (Å²) < 4.78 is 14.3. The number of amides is 1. The number of hydrogen-bond acceptors (Lipinski definition) is 7. The molecule has 32 heavy (non-hydrogen) atoms. The number of aryl methyl sites for hydroxylation is 1. The molecule has 0 atom stereocenters. The summed E-state index contributed by atoms with van der Waals surface area (Å²) in [5, 5.41) is 4.40. The SMILES string of the molecule is COc1cc(-c2ccc3c(n2)CN(c2cnn(Cc4cncn4C)c2)C3=O)cnc1OC. The van der Waals surface area contributed by atoms with Gasteiger partial charge < -0.3 is 14.0 Å². The minimum atomic E-state index is -0.0930. The van der Waals surface area contributed by atoms with E-state index in [4.69, 9.17) is 14.5 Å². The monoisotopic (exact) mass is 431 g/mol. The maximum absolute atomic E-state index is 13.0. The first-order valence-corrected chi connectivity index (χ1v) is 9.95. The topological polar surface area (TPSA) is 100 Å². The van der Waals surface area contributed by atoms with Gasteiger partial charge in [0.1, 0.15) is 0 Å². The molecule has 1 aliphatic rings. The van der Waals surface area contributed by atoms with E-state index in [1.807, 2.05) is 29.9 Å². The second kappa shape index (κ2) is 7.80. The van der Waals surface area contributed by atoms with Crippen LogP contribution in [0.1, 0.15) is 21.7 Å². The van der Waals surface area contributed by atoms with Crippen molar-refractivity contribution in [2.75, 3.05) is 19.1 Å². The molecular weight excluding hydrogens is 410 g/mol. The lowest BCUT2D eigenvalue weighted by molar-refractivity contribution is 0.0996. The molecule has 4 aromatic heterocycles. The van der Waals surface area contributed by atoms with E-state index < -0.39 is 0 Å². The summed E-state index contributed by atoms with van der Waals surface area (Å²) in [4.78, 5) is 27.8. The Bertz CT molecular complexity index is 1310. The zero-order valence-electron chi connectivity index (χ0n) is 17.9. The van der Waals surface area contributed by atoms with Gasteiger partial charge in [-0.25, -0.2) is 9.97 Å². The van der Waals surface area contributed by atoms with Crippen molar-refractivity contribution in [1.82, 2.24) is 29.3 Å². The number of ether oxygens (including phenoxy) is 2. The van der Waals surface area contributed by atoms with Crippen LogP contribution in [0.25, 0.3) is 11.3 Å². The van der Waals surface area contributed by atoms with Crippen LogP contribution in [0, 0.1) is 0 Å². The van der Waals surface area contributed by atoms with Crippen LogP contribution in [0.4, 0.5) is 5.69 Å². The molecule has 5 heterocycles. The van der Waals surface area contributed by atoms with Gasteiger partial charge in [-0.05, 0) is 18.2 Å². The number of anilines is 1. The van der Waals surface area contributed by atoms with Gasteiger partial charge in [0, 0.05) is 25.0 Å². The summed E-state index contributed by atoms with van der Waals surface area (Å²) in [5.74, 6) is 0.831. The predicted octanol–water partition coefficient (Wildman–Crippen LogP) is 2.30. The number of imidazole rings is 1. The fraction of sp³-hybridized carbons (Fsp3) is 0.227. The Morgan fingerprint density at radius 1 is 1.12 bits per heavy atom. The molecule has 0 aromatic carbocycles. The Hall–Kier alpha value is -4.21. The standard InChI is InChI=1S/C22H21N7O3/c1-27-13-23-8-15(27)10-28-11-16(9-25-28)29-12-19-17(22(29)30)4-5-18(26-19)14-6-20(31-2)21(32-3)24-7-14/h4-9,11,13H,10,12H2,1-3H3. The number of hydrogen-bond donors (Lipinski definition) is 0. The summed E-state index contributed by atoms with van der Waals surface area (Å²) in [7, 11) is 5.03. The van der Waals surface area contributed by atoms with E-state index in [0.29, 0.717) is 41.7 Å². The second-order valence-electron chi connectivity index (χ2n) is 7.41. The average molecular weight is 431 g/mol. The second-order valence-corrected chi connectivity index (χ2v) is 7.41. The van der Waals surface area contributed by atoms with Crippen LogP contribution in [0.15, 0.2) is 49.3 Å². The van der Waals surface area contributed by atoms with Gasteiger partial charge in [-0.15, -0.1) is 0 Å². The Labute approximate surface area is 184 Å². The van der Waals surface area contributed by atoms with Crippen LogP contribution in [0.2, 0.25) is 0 Å². The van der Waals surface area contributed by atoms with E-state index >= 15 is 0 Å². The first-order valence-electron chi connectivity index (χ1n) is 9.95. The maximum atomic E-state index is 13.0. The first kappa shape index (κ1) is 19.7. The third-order valence-electron chi connectivity index (χ3n) is 5.46. The predicted molar refractivity (Wildman–Crippen MR) is 116 cm³/mol. The van der Waals surface area contributed by atoms with Crippen molar-refractivity contribution in [3.05, 3.63) is 66.3 Å². The molecular formula is C22H21N7O3. The number of methoxy groups -OCH3 is 2. The van der Waals surface area contributed by atoms with Crippen LogP contribution in [-0.2, 0) is 20.1 Å². The van der Waals surface area contributed by atoms with Crippen molar-refractivity contribution in [3.63, 3.8) is 0 Å². The highest BCUT2D eigenvalue weighted by Gasteiger charge is 2.31. The van der Waals surface area contributed by atoms with Crippen LogP contribution in [0.5, 0.6) is 11.6 Å². The number of fused-ring (bicyclic) bond motifs is 1. The van der Waals surface area contributed by atoms with Crippen LogP contribution in [-0.4, -0.2) is 49.4 Å². The van der Waals surface area contributed by atoms with Gasteiger partial charge >= 0.3 is 0 Å². The van der Waals surface area contributed by atoms with Crippen molar-refractivity contribution < 1.29 is 14.3 Å². The number of carbonyl (C=O) groups excluding carboxylic acids is 1. The van der Waals surface area contributed by atoms with Crippen LogP contribution < -0.4 is 14.4 Å². The minimum absolute atomic E-state index is 0.0930. The molecule has 10 nitrogen and oxygen atoms in total. The van der Waals surface area contributed by atoms with Gasteiger partial charge in [0.2, 0.25) is 0 Å². The maximum Gasteiger partial charge on any atom is 0.260 e. The third kappa shape index (κ3) is 3.35. The van der Waals surface area contributed by atoms with E-state index in [2.05, 4.69) is 15.1 Å². The van der Waals surface area contributed by atoms with E-state index in [1.54, 1.807) is 47.7 Å². The number of pyridine rings is 2. The summed E-state index contributed by atoms with van der Waals surface area (Å²) >= 11 is 0. The molecule has 5 rings (SSSR count). The van der Waals surface area contributed by atoms with Crippen molar-refractivity contribution in [2.45, 2.75) is 13.1 Å². The van der Waals surface area contributed by atoms with Crippen molar-refractivity contribution in [2.24, 2.45) is 7.05 Å². The molecule has 0 fully saturated rings. The van der Waals surface area contributed by atoms with Gasteiger partial charge in [0.15, 0.2) is 5.75 Å². The average Bonchev–Trinajstić information content (AvgIpc) is 3.53. The fourth-order valence-corrected chi connectivity index (χ4v) is 3.71. The van der Waals surface area contributed by atoms with Gasteiger partial charge in [-0.1, -0.05) is 0 Å². The van der Waals surface area contributed by atoms with Crippen molar-refractivity contribution >= 4 is 11.6 Å². The highest BCUT2D eigenvalue weighted by atomic mass is 16.5. The molecule has 1 aliphatic heterocycles. The quantitative estimate of drug-likeness (QED) is 0.462. The fourth-order valence-electron chi connectivity index (χ4n) is 3.71. The number of aromatic nitrogens is 6. The van der Waals surface area contributed by atoms with Gasteiger partial charge in [0.25, 0.3) is 11.8 Å². The molecule has 0 bridgehead atoms. The molecule has 0 aliphatic carbocycles.